The molecule has 0 atom stereocenters. The summed E-state index contributed by atoms with van der Waals surface area (Å²) in [6, 6.07) is 67.9. The summed E-state index contributed by atoms with van der Waals surface area (Å²) in [6.07, 6.45) is 0. The van der Waals surface area contributed by atoms with Gasteiger partial charge in [0.1, 0.15) is 0 Å². The van der Waals surface area contributed by atoms with Gasteiger partial charge in [0.2, 0.25) is 6.71 Å². The van der Waals surface area contributed by atoms with Gasteiger partial charge >= 0.3 is 0 Å². The summed E-state index contributed by atoms with van der Waals surface area (Å²) in [6.45, 7) is 0.139. The van der Waals surface area contributed by atoms with Crippen molar-refractivity contribution in [1.82, 2.24) is 0 Å². The van der Waals surface area contributed by atoms with Crippen LogP contribution in [0.3, 0.4) is 0 Å². The summed E-state index contributed by atoms with van der Waals surface area (Å²) < 4.78 is 0. The van der Waals surface area contributed by atoms with Gasteiger partial charge in [-0.1, -0.05) is 163 Å². The van der Waals surface area contributed by atoms with Gasteiger partial charge in [0.05, 0.1) is 0 Å². The van der Waals surface area contributed by atoms with Gasteiger partial charge in [-0.3, -0.25) is 0 Å². The monoisotopic (exact) mass is 587 g/mol. The molecule has 0 N–H and O–H groups in total. The van der Waals surface area contributed by atoms with Crippen LogP contribution < -0.4 is 42.0 Å². The van der Waals surface area contributed by atoms with E-state index in [0.29, 0.717) is 0 Å². The van der Waals surface area contributed by atoms with E-state index in [1.165, 1.54) is 65.3 Å². The fraction of sp³-hybridized carbons (Fsp3) is 0. The third-order valence-electron chi connectivity index (χ3n) is 9.79. The van der Waals surface area contributed by atoms with Crippen LogP contribution in [-0.2, 0) is 0 Å². The fourth-order valence-corrected chi connectivity index (χ4v) is 13.3. The van der Waals surface area contributed by atoms with Gasteiger partial charge in [-0.05, 0) is 67.1 Å². The van der Waals surface area contributed by atoms with Crippen molar-refractivity contribution in [3.63, 3.8) is 0 Å². The van der Waals surface area contributed by atoms with Crippen molar-refractivity contribution >= 4 is 69.0 Å². The molecule has 7 aromatic carbocycles. The SMILES string of the molecule is c1ccc(-c2cc3c4c(c2)[Si](c2ccccc2)(c2ccccc2)c2ccccc2B4c2ccccc2N3c2ccccc2)cc1. The zero-order valence-electron chi connectivity index (χ0n) is 24.8. The predicted octanol–water partition coefficient (Wildman–Crippen LogP) is 5.34. The topological polar surface area (TPSA) is 3.24 Å². The molecular formula is C42H30BNSi. The first kappa shape index (κ1) is 26.1. The van der Waals surface area contributed by atoms with Crippen LogP contribution >= 0.6 is 0 Å². The summed E-state index contributed by atoms with van der Waals surface area (Å²) in [7, 11) is -2.77. The molecule has 0 radical (unpaired) electrons. The Labute approximate surface area is 266 Å². The first-order chi connectivity index (χ1) is 22.4. The molecule has 0 spiro atoms. The third-order valence-corrected chi connectivity index (χ3v) is 14.7. The Balaban J connectivity index is 1.50. The van der Waals surface area contributed by atoms with Crippen molar-refractivity contribution in [3.05, 3.63) is 182 Å². The molecular weight excluding hydrogens is 557 g/mol. The number of benzene rings is 7. The van der Waals surface area contributed by atoms with E-state index in [1.807, 2.05) is 0 Å². The minimum Gasteiger partial charge on any atom is -0.312 e. The number of hydrogen-bond donors (Lipinski definition) is 0. The van der Waals surface area contributed by atoms with Crippen molar-refractivity contribution in [2.45, 2.75) is 0 Å². The number of rotatable bonds is 4. The number of fused-ring (bicyclic) bond motifs is 4. The van der Waals surface area contributed by atoms with Gasteiger partial charge in [0, 0.05) is 17.1 Å². The number of para-hydroxylation sites is 2. The fourth-order valence-electron chi connectivity index (χ4n) is 8.03. The minimum absolute atomic E-state index is 0.139. The van der Waals surface area contributed by atoms with Crippen LogP contribution in [0.4, 0.5) is 17.1 Å². The predicted molar refractivity (Wildman–Crippen MR) is 195 cm³/mol. The normalized spacial score (nSPS) is 13.9. The van der Waals surface area contributed by atoms with Crippen LogP contribution in [-0.4, -0.2) is 14.8 Å². The highest BCUT2D eigenvalue weighted by Crippen LogP contribution is 2.38. The molecule has 9 rings (SSSR count). The number of hydrogen-bond acceptors (Lipinski definition) is 1. The van der Waals surface area contributed by atoms with Crippen molar-refractivity contribution in [1.29, 1.82) is 0 Å². The molecule has 210 valence electrons. The molecule has 0 aromatic heterocycles. The first-order valence-corrected chi connectivity index (χ1v) is 17.7. The van der Waals surface area contributed by atoms with E-state index in [9.17, 15) is 0 Å². The molecule has 7 aromatic rings. The lowest BCUT2D eigenvalue weighted by Gasteiger charge is -2.47. The third kappa shape index (κ3) is 3.81. The first-order valence-electron chi connectivity index (χ1n) is 15.7. The second-order valence-corrected chi connectivity index (χ2v) is 15.8. The maximum atomic E-state index is 2.56. The van der Waals surface area contributed by atoms with E-state index in [1.54, 1.807) is 0 Å². The Morgan fingerprint density at radius 1 is 0.400 bits per heavy atom. The van der Waals surface area contributed by atoms with E-state index in [0.717, 1.165) is 0 Å². The van der Waals surface area contributed by atoms with E-state index in [-0.39, 0.29) is 6.71 Å². The van der Waals surface area contributed by atoms with Gasteiger partial charge in [-0.2, -0.15) is 0 Å². The van der Waals surface area contributed by atoms with E-state index in [4.69, 9.17) is 0 Å². The van der Waals surface area contributed by atoms with Crippen molar-refractivity contribution in [2.24, 2.45) is 0 Å². The summed E-state index contributed by atoms with van der Waals surface area (Å²) in [5, 5.41) is 5.80. The second-order valence-electron chi connectivity index (χ2n) is 12.1. The van der Waals surface area contributed by atoms with Crippen LogP contribution in [0.1, 0.15) is 0 Å². The van der Waals surface area contributed by atoms with Crippen LogP contribution in [0.5, 0.6) is 0 Å². The van der Waals surface area contributed by atoms with E-state index < -0.39 is 8.07 Å². The molecule has 0 unspecified atom stereocenters. The Kier molecular flexibility index (Phi) is 6.00. The maximum Gasteiger partial charge on any atom is 0.246 e. The maximum absolute atomic E-state index is 2.77. The smallest absolute Gasteiger partial charge is 0.246 e. The number of anilines is 3. The summed E-state index contributed by atoms with van der Waals surface area (Å²) in [4.78, 5) is 2.51. The molecule has 0 amide bonds. The van der Waals surface area contributed by atoms with Crippen LogP contribution in [0.15, 0.2) is 182 Å². The van der Waals surface area contributed by atoms with Gasteiger partial charge in [-0.15, -0.1) is 0 Å². The summed E-state index contributed by atoms with van der Waals surface area (Å²) in [5.41, 5.74) is 10.4. The lowest BCUT2D eigenvalue weighted by atomic mass is 9.34. The minimum atomic E-state index is -2.77. The molecule has 1 nitrogen and oxygen atoms in total. The molecule has 2 heterocycles. The van der Waals surface area contributed by atoms with Gasteiger partial charge in [0.25, 0.3) is 0 Å². The highest BCUT2D eigenvalue weighted by atomic mass is 28.3. The molecule has 3 heteroatoms. The highest BCUT2D eigenvalue weighted by Gasteiger charge is 2.53. The second kappa shape index (κ2) is 10.4. The quantitative estimate of drug-likeness (QED) is 0.251. The molecule has 0 bridgehead atoms. The van der Waals surface area contributed by atoms with Crippen LogP contribution in [0.2, 0.25) is 0 Å². The van der Waals surface area contributed by atoms with E-state index >= 15 is 0 Å². The molecule has 0 saturated carbocycles. The summed E-state index contributed by atoms with van der Waals surface area (Å²) in [5.74, 6) is 0. The average Bonchev–Trinajstić information content (AvgIpc) is 3.13. The molecule has 2 aliphatic heterocycles. The van der Waals surface area contributed by atoms with E-state index in [2.05, 4.69) is 187 Å². The van der Waals surface area contributed by atoms with Crippen LogP contribution in [0, 0.1) is 0 Å². The Bertz CT molecular complexity index is 2130. The largest absolute Gasteiger partial charge is 0.312 e. The standard InChI is InChI=1S/C42H30BNSi/c1-5-17-31(18-6-1)32-29-39-42-41(30-32)45(34-21-9-3-10-22-34,35-23-11-4-12-24-35)40-28-16-14-26-37(40)43(42)36-25-13-15-27-38(36)44(39)33-19-7-2-8-20-33/h1-30H. The Morgan fingerprint density at radius 3 is 1.60 bits per heavy atom. The molecule has 0 saturated heterocycles. The van der Waals surface area contributed by atoms with Crippen LogP contribution in [0.25, 0.3) is 11.1 Å². The Hall–Kier alpha value is -5.38. The van der Waals surface area contributed by atoms with Crippen molar-refractivity contribution < 1.29 is 0 Å². The molecule has 2 aliphatic rings. The highest BCUT2D eigenvalue weighted by molar-refractivity contribution is 7.26. The van der Waals surface area contributed by atoms with Crippen molar-refractivity contribution in [2.75, 3.05) is 4.90 Å². The van der Waals surface area contributed by atoms with Gasteiger partial charge in [-0.25, -0.2) is 0 Å². The van der Waals surface area contributed by atoms with Gasteiger partial charge in [0.15, 0.2) is 8.07 Å². The lowest BCUT2D eigenvalue weighted by molar-refractivity contribution is 1.29. The zero-order valence-corrected chi connectivity index (χ0v) is 25.8. The molecule has 0 fully saturated rings. The Morgan fingerprint density at radius 2 is 0.933 bits per heavy atom. The molecule has 45 heavy (non-hydrogen) atoms. The average molecular weight is 588 g/mol. The van der Waals surface area contributed by atoms with Gasteiger partial charge < -0.3 is 4.90 Å². The summed E-state index contributed by atoms with van der Waals surface area (Å²) >= 11 is 0. The molecule has 0 aliphatic carbocycles. The zero-order chi connectivity index (χ0) is 29.8. The lowest BCUT2D eigenvalue weighted by Crippen LogP contribution is -2.87. The number of nitrogens with zero attached hydrogens (tertiary/aromatic N) is 1. The van der Waals surface area contributed by atoms with Crippen molar-refractivity contribution in [3.8, 4) is 11.1 Å².